The lowest BCUT2D eigenvalue weighted by Gasteiger charge is -2.34. The van der Waals surface area contributed by atoms with Crippen molar-refractivity contribution in [3.05, 3.63) is 47.0 Å². The number of likely N-dealkylation sites (tertiary alicyclic amines) is 1. The maximum Gasteiger partial charge on any atom is 0.192 e. The molecule has 0 radical (unpaired) electrons. The molecule has 1 saturated heterocycles. The maximum atomic E-state index is 4.91. The Balaban J connectivity index is 1.34. The summed E-state index contributed by atoms with van der Waals surface area (Å²) in [5, 5.41) is 15.9. The summed E-state index contributed by atoms with van der Waals surface area (Å²) in [6, 6.07) is 9.72. The molecule has 2 heterocycles. The van der Waals surface area contributed by atoms with Gasteiger partial charge in [-0.05, 0) is 50.7 Å². The molecule has 2 N–H and O–H groups in total. The van der Waals surface area contributed by atoms with Crippen LogP contribution in [0.2, 0.25) is 0 Å². The van der Waals surface area contributed by atoms with E-state index < -0.39 is 0 Å². The van der Waals surface area contributed by atoms with Gasteiger partial charge in [0.05, 0.1) is 0 Å². The number of rotatable bonds is 6. The van der Waals surface area contributed by atoms with Crippen molar-refractivity contribution in [2.24, 2.45) is 12.0 Å². The van der Waals surface area contributed by atoms with Gasteiger partial charge in [-0.1, -0.05) is 43.5 Å². The zero-order valence-corrected chi connectivity index (χ0v) is 20.0. The predicted octanol–water partition coefficient (Wildman–Crippen LogP) is 3.46. The molecule has 2 fully saturated rings. The number of hydrogen-bond donors (Lipinski definition) is 2. The van der Waals surface area contributed by atoms with Crippen molar-refractivity contribution in [1.29, 1.82) is 0 Å². The van der Waals surface area contributed by atoms with Crippen LogP contribution in [-0.2, 0) is 20.1 Å². The largest absolute Gasteiger partial charge is 0.354 e. The minimum absolute atomic E-state index is 0.458. The first-order chi connectivity index (χ1) is 15.6. The van der Waals surface area contributed by atoms with Crippen molar-refractivity contribution >= 4 is 5.96 Å². The van der Waals surface area contributed by atoms with E-state index in [0.29, 0.717) is 18.6 Å². The Morgan fingerprint density at radius 1 is 0.969 bits per heavy atom. The third-order valence-corrected chi connectivity index (χ3v) is 7.09. The van der Waals surface area contributed by atoms with Crippen LogP contribution in [0.3, 0.4) is 0 Å². The van der Waals surface area contributed by atoms with Crippen LogP contribution in [0.25, 0.3) is 0 Å². The third kappa shape index (κ3) is 6.09. The van der Waals surface area contributed by atoms with Crippen LogP contribution >= 0.6 is 0 Å². The van der Waals surface area contributed by atoms with Gasteiger partial charge in [-0.15, -0.1) is 10.2 Å². The molecule has 4 rings (SSSR count). The molecule has 32 heavy (non-hydrogen) atoms. The van der Waals surface area contributed by atoms with E-state index in [-0.39, 0.29) is 0 Å². The molecule has 7 heteroatoms. The van der Waals surface area contributed by atoms with Gasteiger partial charge in [-0.3, -0.25) is 4.90 Å². The van der Waals surface area contributed by atoms with Gasteiger partial charge in [0, 0.05) is 38.8 Å². The van der Waals surface area contributed by atoms with Gasteiger partial charge in [0.1, 0.15) is 12.4 Å². The first-order valence-corrected chi connectivity index (χ1v) is 12.3. The quantitative estimate of drug-likeness (QED) is 0.535. The van der Waals surface area contributed by atoms with Gasteiger partial charge in [0.15, 0.2) is 11.8 Å². The lowest BCUT2D eigenvalue weighted by molar-refractivity contribution is 0.198. The summed E-state index contributed by atoms with van der Waals surface area (Å²) in [6.07, 6.45) is 8.73. The number of aromatic nitrogens is 3. The van der Waals surface area contributed by atoms with Gasteiger partial charge in [0.25, 0.3) is 0 Å². The monoisotopic (exact) mass is 437 g/mol. The van der Waals surface area contributed by atoms with E-state index in [4.69, 9.17) is 4.99 Å². The Morgan fingerprint density at radius 2 is 1.66 bits per heavy atom. The molecule has 1 aliphatic carbocycles. The zero-order chi connectivity index (χ0) is 22.3. The van der Waals surface area contributed by atoms with E-state index >= 15 is 0 Å². The van der Waals surface area contributed by atoms with Gasteiger partial charge < -0.3 is 15.2 Å². The molecule has 0 unspecified atom stereocenters. The fraction of sp³-hybridized carbons (Fsp3) is 0.640. The Morgan fingerprint density at radius 3 is 2.31 bits per heavy atom. The van der Waals surface area contributed by atoms with Crippen molar-refractivity contribution in [2.45, 2.75) is 84.0 Å². The smallest absolute Gasteiger partial charge is 0.192 e. The third-order valence-electron chi connectivity index (χ3n) is 7.09. The lowest BCUT2D eigenvalue weighted by Crippen LogP contribution is -2.51. The molecule has 0 spiro atoms. The summed E-state index contributed by atoms with van der Waals surface area (Å²) in [7, 11) is 2.01. The first kappa shape index (κ1) is 22.8. The fourth-order valence-corrected chi connectivity index (χ4v) is 4.77. The molecule has 2 aliphatic rings. The number of aliphatic imine (C=N–C) groups is 1. The minimum atomic E-state index is 0.458. The highest BCUT2D eigenvalue weighted by Crippen LogP contribution is 2.18. The molecule has 1 saturated carbocycles. The molecular weight excluding hydrogens is 398 g/mol. The summed E-state index contributed by atoms with van der Waals surface area (Å²) >= 11 is 0. The number of benzene rings is 1. The second-order valence-electron chi connectivity index (χ2n) is 9.49. The van der Waals surface area contributed by atoms with Crippen LogP contribution in [0.5, 0.6) is 0 Å². The summed E-state index contributed by atoms with van der Waals surface area (Å²) in [5.74, 6) is 2.76. The van der Waals surface area contributed by atoms with Gasteiger partial charge in [0.2, 0.25) is 0 Å². The van der Waals surface area contributed by atoms with Crippen molar-refractivity contribution in [3.8, 4) is 0 Å². The molecular formula is C25H39N7. The normalized spacial score (nSPS) is 19.3. The Bertz CT molecular complexity index is 889. The van der Waals surface area contributed by atoms with Crippen LogP contribution in [0.1, 0.15) is 67.7 Å². The standard InChI is InChI=1S/C25H39N7/c1-19-9-7-8-10-21(19)18-32-15-13-23(14-16-32)28-25(27-22-11-5-4-6-12-22)26-17-24-30-29-20(2)31(24)3/h7-10,22-23H,4-6,11-18H2,1-3H3,(H2,26,27,28). The highest BCUT2D eigenvalue weighted by molar-refractivity contribution is 5.80. The molecule has 1 aromatic heterocycles. The van der Waals surface area contributed by atoms with Crippen LogP contribution in [0.15, 0.2) is 29.3 Å². The number of piperidine rings is 1. The number of guanidine groups is 1. The second kappa shape index (κ2) is 10.9. The minimum Gasteiger partial charge on any atom is -0.354 e. The van der Waals surface area contributed by atoms with Crippen LogP contribution in [0, 0.1) is 13.8 Å². The average molecular weight is 438 g/mol. The number of nitrogens with one attached hydrogen (secondary N) is 2. The lowest BCUT2D eigenvalue weighted by atomic mass is 9.95. The number of nitrogens with zero attached hydrogens (tertiary/aromatic N) is 5. The first-order valence-electron chi connectivity index (χ1n) is 12.3. The molecule has 2 aromatic rings. The summed E-state index contributed by atoms with van der Waals surface area (Å²) in [4.78, 5) is 7.49. The zero-order valence-electron chi connectivity index (χ0n) is 20.0. The molecule has 0 atom stereocenters. The van der Waals surface area contributed by atoms with Crippen LogP contribution < -0.4 is 10.6 Å². The maximum absolute atomic E-state index is 4.91. The van der Waals surface area contributed by atoms with Crippen molar-refractivity contribution in [1.82, 2.24) is 30.3 Å². The highest BCUT2D eigenvalue weighted by atomic mass is 15.3. The number of aryl methyl sites for hydroxylation is 2. The number of hydrogen-bond acceptors (Lipinski definition) is 4. The second-order valence-corrected chi connectivity index (χ2v) is 9.49. The van der Waals surface area contributed by atoms with E-state index in [0.717, 1.165) is 50.1 Å². The SMILES string of the molecule is Cc1ccccc1CN1CCC(NC(=NCc2nnc(C)n2C)NC2CCCCC2)CC1. The van der Waals surface area contributed by atoms with E-state index in [9.17, 15) is 0 Å². The average Bonchev–Trinajstić information content (AvgIpc) is 3.13. The van der Waals surface area contributed by atoms with E-state index in [1.165, 1.54) is 43.2 Å². The topological polar surface area (TPSA) is 70.4 Å². The summed E-state index contributed by atoms with van der Waals surface area (Å²) in [5.41, 5.74) is 2.83. The summed E-state index contributed by atoms with van der Waals surface area (Å²) in [6.45, 7) is 8.01. The Labute approximate surface area is 192 Å². The summed E-state index contributed by atoms with van der Waals surface area (Å²) < 4.78 is 2.02. The Kier molecular flexibility index (Phi) is 7.79. The molecule has 174 valence electrons. The molecule has 1 aromatic carbocycles. The van der Waals surface area contributed by atoms with Crippen LogP contribution in [-0.4, -0.2) is 50.8 Å². The van der Waals surface area contributed by atoms with Crippen LogP contribution in [0.4, 0.5) is 0 Å². The van der Waals surface area contributed by atoms with Crippen molar-refractivity contribution in [3.63, 3.8) is 0 Å². The van der Waals surface area contributed by atoms with Gasteiger partial charge >= 0.3 is 0 Å². The highest BCUT2D eigenvalue weighted by Gasteiger charge is 2.22. The Hall–Kier alpha value is -2.41. The van der Waals surface area contributed by atoms with Gasteiger partial charge in [-0.2, -0.15) is 0 Å². The van der Waals surface area contributed by atoms with E-state index in [1.54, 1.807) is 0 Å². The molecule has 7 nitrogen and oxygen atoms in total. The molecule has 0 amide bonds. The fourth-order valence-electron chi connectivity index (χ4n) is 4.77. The van der Waals surface area contributed by atoms with Crippen molar-refractivity contribution < 1.29 is 0 Å². The molecule has 1 aliphatic heterocycles. The van der Waals surface area contributed by atoms with Gasteiger partial charge in [-0.25, -0.2) is 4.99 Å². The van der Waals surface area contributed by atoms with Crippen molar-refractivity contribution in [2.75, 3.05) is 13.1 Å². The van der Waals surface area contributed by atoms with E-state index in [1.807, 2.05) is 18.5 Å². The predicted molar refractivity (Wildman–Crippen MR) is 130 cm³/mol. The molecule has 0 bridgehead atoms. The van der Waals surface area contributed by atoms with E-state index in [2.05, 4.69) is 56.9 Å².